The van der Waals surface area contributed by atoms with E-state index in [2.05, 4.69) is 24.5 Å². The Hall–Kier alpha value is -1.71. The van der Waals surface area contributed by atoms with Crippen molar-refractivity contribution in [3.05, 3.63) is 18.2 Å². The molecule has 4 heteroatoms. The Morgan fingerprint density at radius 2 is 2.11 bits per heavy atom. The maximum Gasteiger partial charge on any atom is 0.221 e. The van der Waals surface area contributed by atoms with Gasteiger partial charge in [-0.3, -0.25) is 4.79 Å². The van der Waals surface area contributed by atoms with Gasteiger partial charge in [-0.1, -0.05) is 6.92 Å². The zero-order valence-corrected chi connectivity index (χ0v) is 12.0. The molecule has 2 N–H and O–H groups in total. The Labute approximate surface area is 114 Å². The predicted octanol–water partition coefficient (Wildman–Crippen LogP) is 3.25. The number of carbonyl (C=O) groups is 1. The van der Waals surface area contributed by atoms with Crippen LogP contribution >= 0.6 is 0 Å². The van der Waals surface area contributed by atoms with Crippen molar-refractivity contribution in [2.24, 2.45) is 5.41 Å². The van der Waals surface area contributed by atoms with Gasteiger partial charge in [0.15, 0.2) is 0 Å². The van der Waals surface area contributed by atoms with Crippen LogP contribution in [0.3, 0.4) is 0 Å². The van der Waals surface area contributed by atoms with Crippen LogP contribution in [0.2, 0.25) is 0 Å². The molecule has 2 rings (SSSR count). The lowest BCUT2D eigenvalue weighted by Crippen LogP contribution is -2.24. The summed E-state index contributed by atoms with van der Waals surface area (Å²) < 4.78 is 5.31. The number of nitrogens with one attached hydrogen (secondary N) is 2. The van der Waals surface area contributed by atoms with Crippen LogP contribution in [0.1, 0.15) is 33.6 Å². The van der Waals surface area contributed by atoms with Crippen molar-refractivity contribution in [3.63, 3.8) is 0 Å². The Morgan fingerprint density at radius 1 is 1.42 bits per heavy atom. The van der Waals surface area contributed by atoms with Crippen LogP contribution in [-0.4, -0.2) is 19.1 Å². The lowest BCUT2D eigenvalue weighted by molar-refractivity contribution is -0.114. The van der Waals surface area contributed by atoms with Gasteiger partial charge in [0.1, 0.15) is 5.75 Å². The second kappa shape index (κ2) is 5.11. The molecule has 1 atom stereocenters. The number of ether oxygens (including phenoxy) is 1. The Morgan fingerprint density at radius 3 is 2.63 bits per heavy atom. The molecule has 1 aliphatic rings. The number of methoxy groups -OCH3 is 1. The highest BCUT2D eigenvalue weighted by molar-refractivity contribution is 5.90. The summed E-state index contributed by atoms with van der Waals surface area (Å²) in [5, 5.41) is 6.26. The summed E-state index contributed by atoms with van der Waals surface area (Å²) in [6.45, 7) is 6.00. The van der Waals surface area contributed by atoms with E-state index in [-0.39, 0.29) is 5.91 Å². The smallest absolute Gasteiger partial charge is 0.221 e. The normalized spacial score (nSPS) is 17.5. The third-order valence-corrected chi connectivity index (χ3v) is 3.98. The fourth-order valence-electron chi connectivity index (χ4n) is 2.13. The lowest BCUT2D eigenvalue weighted by Gasteiger charge is -2.22. The quantitative estimate of drug-likeness (QED) is 0.856. The highest BCUT2D eigenvalue weighted by Crippen LogP contribution is 2.49. The molecule has 0 radical (unpaired) electrons. The topological polar surface area (TPSA) is 50.4 Å². The van der Waals surface area contributed by atoms with Crippen molar-refractivity contribution < 1.29 is 9.53 Å². The highest BCUT2D eigenvalue weighted by atomic mass is 16.5. The van der Waals surface area contributed by atoms with Crippen LogP contribution in [0, 0.1) is 5.41 Å². The van der Waals surface area contributed by atoms with Gasteiger partial charge >= 0.3 is 0 Å². The second-order valence-corrected chi connectivity index (χ2v) is 5.62. The first-order valence-electron chi connectivity index (χ1n) is 6.67. The molecule has 1 aromatic carbocycles. The summed E-state index contributed by atoms with van der Waals surface area (Å²) in [5.41, 5.74) is 2.14. The molecule has 1 fully saturated rings. The molecule has 19 heavy (non-hydrogen) atoms. The van der Waals surface area contributed by atoms with E-state index < -0.39 is 0 Å². The molecular weight excluding hydrogens is 240 g/mol. The summed E-state index contributed by atoms with van der Waals surface area (Å²) in [6.07, 6.45) is 2.56. The summed E-state index contributed by atoms with van der Waals surface area (Å²) in [4.78, 5) is 11.1. The fraction of sp³-hybridized carbons (Fsp3) is 0.533. The zero-order chi connectivity index (χ0) is 14.0. The molecule has 1 aromatic rings. The van der Waals surface area contributed by atoms with E-state index in [4.69, 9.17) is 4.74 Å². The van der Waals surface area contributed by atoms with E-state index in [0.717, 1.165) is 5.69 Å². The average molecular weight is 262 g/mol. The minimum Gasteiger partial charge on any atom is -0.494 e. The third kappa shape index (κ3) is 3.19. The van der Waals surface area contributed by atoms with Gasteiger partial charge in [0, 0.05) is 24.7 Å². The molecular formula is C15H22N2O2. The minimum absolute atomic E-state index is 0.0992. The van der Waals surface area contributed by atoms with Crippen LogP contribution in [0.5, 0.6) is 5.75 Å². The Balaban J connectivity index is 2.12. The van der Waals surface area contributed by atoms with Crippen molar-refractivity contribution in [1.82, 2.24) is 0 Å². The molecule has 0 aromatic heterocycles. The number of hydrogen-bond donors (Lipinski definition) is 2. The van der Waals surface area contributed by atoms with Crippen molar-refractivity contribution in [2.75, 3.05) is 17.7 Å². The van der Waals surface area contributed by atoms with Crippen molar-refractivity contribution in [2.45, 2.75) is 39.7 Å². The molecule has 0 aliphatic heterocycles. The molecule has 0 bridgehead atoms. The van der Waals surface area contributed by atoms with E-state index in [0.29, 0.717) is 22.9 Å². The number of anilines is 2. The van der Waals surface area contributed by atoms with Gasteiger partial charge in [-0.25, -0.2) is 0 Å². The third-order valence-electron chi connectivity index (χ3n) is 3.98. The van der Waals surface area contributed by atoms with Gasteiger partial charge in [-0.2, -0.15) is 0 Å². The molecule has 0 saturated heterocycles. The summed E-state index contributed by atoms with van der Waals surface area (Å²) in [5.74, 6) is 0.575. The van der Waals surface area contributed by atoms with E-state index in [1.54, 1.807) is 7.11 Å². The van der Waals surface area contributed by atoms with Gasteiger partial charge in [0.25, 0.3) is 0 Å². The molecule has 1 unspecified atom stereocenters. The Kier molecular flexibility index (Phi) is 3.69. The van der Waals surface area contributed by atoms with Crippen LogP contribution in [0.4, 0.5) is 11.4 Å². The molecule has 4 nitrogen and oxygen atoms in total. The standard InChI is InChI=1S/C15H22N2O2/c1-10(15(3)7-8-15)16-12-5-6-13(17-11(2)18)14(9-12)19-4/h5-6,9-10,16H,7-8H2,1-4H3,(H,17,18). The molecule has 1 saturated carbocycles. The number of benzene rings is 1. The van der Waals surface area contributed by atoms with Crippen molar-refractivity contribution >= 4 is 17.3 Å². The SMILES string of the molecule is COc1cc(NC(C)C2(C)CC2)ccc1NC(C)=O. The molecule has 0 heterocycles. The Bertz CT molecular complexity index is 481. The highest BCUT2D eigenvalue weighted by Gasteiger charge is 2.42. The first kappa shape index (κ1) is 13.7. The maximum absolute atomic E-state index is 11.1. The monoisotopic (exact) mass is 262 g/mol. The second-order valence-electron chi connectivity index (χ2n) is 5.62. The van der Waals surface area contributed by atoms with Gasteiger partial charge in [-0.05, 0) is 37.3 Å². The van der Waals surface area contributed by atoms with Crippen LogP contribution in [0.25, 0.3) is 0 Å². The van der Waals surface area contributed by atoms with Gasteiger partial charge in [0.05, 0.1) is 12.8 Å². The van der Waals surface area contributed by atoms with Crippen LogP contribution in [-0.2, 0) is 4.79 Å². The number of carbonyl (C=O) groups excluding carboxylic acids is 1. The largest absolute Gasteiger partial charge is 0.494 e. The average Bonchev–Trinajstić information content (AvgIpc) is 3.10. The minimum atomic E-state index is -0.0992. The van der Waals surface area contributed by atoms with E-state index in [1.165, 1.54) is 19.8 Å². The first-order valence-corrected chi connectivity index (χ1v) is 6.67. The molecule has 0 spiro atoms. The summed E-state index contributed by atoms with van der Waals surface area (Å²) in [6, 6.07) is 6.19. The summed E-state index contributed by atoms with van der Waals surface area (Å²) >= 11 is 0. The van der Waals surface area contributed by atoms with E-state index >= 15 is 0 Å². The molecule has 1 aliphatic carbocycles. The number of amides is 1. The van der Waals surface area contributed by atoms with Gasteiger partial charge < -0.3 is 15.4 Å². The lowest BCUT2D eigenvalue weighted by atomic mass is 10.0. The van der Waals surface area contributed by atoms with Gasteiger partial charge in [0.2, 0.25) is 5.91 Å². The summed E-state index contributed by atoms with van der Waals surface area (Å²) in [7, 11) is 1.61. The van der Waals surface area contributed by atoms with E-state index in [1.807, 2.05) is 18.2 Å². The van der Waals surface area contributed by atoms with Crippen LogP contribution in [0.15, 0.2) is 18.2 Å². The molecule has 1 amide bonds. The molecule has 104 valence electrons. The predicted molar refractivity (Wildman–Crippen MR) is 77.7 cm³/mol. The van der Waals surface area contributed by atoms with Crippen LogP contribution < -0.4 is 15.4 Å². The van der Waals surface area contributed by atoms with Crippen molar-refractivity contribution in [3.8, 4) is 5.75 Å². The fourth-order valence-corrected chi connectivity index (χ4v) is 2.13. The maximum atomic E-state index is 11.1. The number of rotatable bonds is 5. The first-order chi connectivity index (χ1) is 8.94. The van der Waals surface area contributed by atoms with Crippen molar-refractivity contribution in [1.29, 1.82) is 0 Å². The number of hydrogen-bond acceptors (Lipinski definition) is 3. The zero-order valence-electron chi connectivity index (χ0n) is 12.0. The van der Waals surface area contributed by atoms with E-state index in [9.17, 15) is 4.79 Å². The van der Waals surface area contributed by atoms with Gasteiger partial charge in [-0.15, -0.1) is 0 Å².